The Kier molecular flexibility index (Phi) is 5.68. The van der Waals surface area contributed by atoms with Gasteiger partial charge >= 0.3 is 113 Å². The first-order valence-corrected chi connectivity index (χ1v) is 44.1. The van der Waals surface area contributed by atoms with Crippen LogP contribution in [-0.4, -0.2) is 7.17 Å². The van der Waals surface area contributed by atoms with Crippen molar-refractivity contribution in [2.75, 3.05) is 0 Å². The molecule has 0 bridgehead atoms. The van der Waals surface area contributed by atoms with Crippen molar-refractivity contribution >= 4 is 18.1 Å². The van der Waals surface area contributed by atoms with Crippen LogP contribution in [0.15, 0.2) is 16.7 Å². The Hall–Kier alpha value is 1.89. The third-order valence-corrected chi connectivity index (χ3v) is 20.1. The van der Waals surface area contributed by atoms with Crippen molar-refractivity contribution in [3.8, 4) is 0 Å². The monoisotopic (exact) mass is 568 g/mol. The van der Waals surface area contributed by atoms with Crippen LogP contribution in [0.5, 0.6) is 0 Å². The van der Waals surface area contributed by atoms with Crippen molar-refractivity contribution < 1.29 is 61.8 Å². The van der Waals surface area contributed by atoms with Gasteiger partial charge in [0.05, 0.1) is 0 Å². The van der Waals surface area contributed by atoms with Crippen LogP contribution in [0.25, 0.3) is 0 Å². The molecule has 0 amide bonds. The number of aromatic nitrogens is 1. The van der Waals surface area contributed by atoms with Gasteiger partial charge in [0.1, 0.15) is 0 Å². The van der Waals surface area contributed by atoms with Crippen LogP contribution in [0.2, 0.25) is 0 Å². The molecule has 57 valence electrons. The van der Waals surface area contributed by atoms with E-state index in [4.69, 9.17) is 0 Å². The van der Waals surface area contributed by atoms with E-state index >= 15 is 0 Å². The zero-order valence-electron chi connectivity index (χ0n) is 6.34. The second-order valence-electron chi connectivity index (χ2n) is 2.14. The maximum atomic E-state index is 12.9. The molecule has 0 saturated carbocycles. The van der Waals surface area contributed by atoms with Crippen LogP contribution in [0.1, 0.15) is 10.4 Å². The van der Waals surface area contributed by atoms with E-state index in [1.54, 1.807) is 0 Å². The molecule has 0 N–H and O–H groups in total. The molecule has 0 radical (unpaired) electrons. The van der Waals surface area contributed by atoms with E-state index in [-0.39, 0.29) is 7.75 Å². The van der Waals surface area contributed by atoms with Crippen LogP contribution in [0.3, 0.4) is 0 Å². The maximum absolute atomic E-state index is 12.9. The molecule has 2 nitrogen and oxygen atoms in total. The molecule has 1 aromatic rings. The van der Waals surface area contributed by atoms with Gasteiger partial charge in [0.2, 0.25) is 0 Å². The van der Waals surface area contributed by atoms with E-state index in [1.807, 2.05) is 0 Å². The molecule has 0 fully saturated rings. The minimum atomic E-state index is -1.17. The summed E-state index contributed by atoms with van der Waals surface area (Å²) in [7, 11) is 0. The van der Waals surface area contributed by atoms with Gasteiger partial charge in [-0.1, -0.05) is 0 Å². The van der Waals surface area contributed by atoms with Crippen molar-refractivity contribution in [3.63, 3.8) is 0 Å². The summed E-state index contributed by atoms with van der Waals surface area (Å²) >= 11 is 2.32. The number of hydrogen-bond donors (Lipinski definition) is 0. The quantitative estimate of drug-likeness (QED) is 0.505. The Morgan fingerprint density at radius 1 is 1.75 bits per heavy atom. The molecule has 0 saturated heterocycles. The summed E-state index contributed by atoms with van der Waals surface area (Å²) in [6, 6.07) is 1.53. The number of rotatable bonds is 2. The average molecular weight is 569 g/mol. The Balaban J connectivity index is 3.13. The van der Waals surface area contributed by atoms with E-state index in [0.717, 1.165) is 0 Å². The van der Waals surface area contributed by atoms with Gasteiger partial charge < -0.3 is 0 Å². The summed E-state index contributed by atoms with van der Waals surface area (Å²) in [5.74, 6) is -0.615. The summed E-state index contributed by atoms with van der Waals surface area (Å²) < 4.78 is 13.7. The number of nitrogens with zero attached hydrogens (tertiary/aromatic N) is 1. The molecular weight excluding hydrogens is 566 g/mol. The molecule has 0 spiro atoms. The first-order chi connectivity index (χ1) is 5.65. The second kappa shape index (κ2) is 5.70. The normalized spacial score (nSPS) is 9.08. The van der Waals surface area contributed by atoms with Gasteiger partial charge in [0.25, 0.3) is 0 Å². The van der Waals surface area contributed by atoms with Crippen LogP contribution >= 0.6 is 15.9 Å². The number of pyridine rings is 1. The number of carbonyl (C=O) groups is 1. The minimum absolute atomic E-state index is 0.0755. The Labute approximate surface area is 110 Å². The van der Waals surface area contributed by atoms with Crippen molar-refractivity contribution in [2.45, 2.75) is 0 Å². The molecule has 1 heterocycles. The van der Waals surface area contributed by atoms with E-state index in [9.17, 15) is 9.18 Å². The Morgan fingerprint density at radius 3 is 3.00 bits per heavy atom. The third-order valence-electron chi connectivity index (χ3n) is 1.33. The first kappa shape index (κ1) is 12.0. The fourth-order valence-electron chi connectivity index (χ4n) is 0.751. The van der Waals surface area contributed by atoms with E-state index in [1.165, 1.54) is 12.3 Å². The molecule has 6 heteroatoms. The molecule has 1 rings (SSSR count). The molecular formula is C6H3BrFLaNORa. The fraction of sp³-hybridized carbons (Fsp3) is 0. The van der Waals surface area contributed by atoms with Crippen LogP contribution in [0.4, 0.5) is 4.39 Å². The molecule has 1 aromatic heterocycles. The topological polar surface area (TPSA) is 30.0 Å². The van der Waals surface area contributed by atoms with Crippen LogP contribution < -0.4 is 0 Å². The van der Waals surface area contributed by atoms with Gasteiger partial charge in [-0.3, -0.25) is 0 Å². The summed E-state index contributed by atoms with van der Waals surface area (Å²) in [5, 5.41) is 0. The average Bonchev–Trinajstić information content (AvgIpc) is 2.08. The molecule has 0 atom stereocenters. The molecule has 0 aliphatic heterocycles. The predicted molar refractivity (Wildman–Crippen MR) is 37.6 cm³/mol. The first-order valence-electron chi connectivity index (χ1n) is 3.30. The fourth-order valence-corrected chi connectivity index (χ4v) is 12.0. The SMILES string of the molecule is O=[C]([La][RaH])c1cc(Br)cnc1F. The van der Waals surface area contributed by atoms with Crippen molar-refractivity contribution in [1.82, 2.24) is 4.98 Å². The van der Waals surface area contributed by atoms with Gasteiger partial charge in [-0.05, 0) is 0 Å². The van der Waals surface area contributed by atoms with E-state index in [2.05, 4.69) is 20.9 Å². The number of carbonyl (C=O) groups excluding carboxylic acids is 1. The summed E-state index contributed by atoms with van der Waals surface area (Å²) in [5.41, 5.74) is 0.198. The standard InChI is InChI=1S/C6H2BrFNO.La.Ra.H/c7-5-1-4(3-10)6(8)9-2-5;;;/h1-2H;;;. The molecule has 0 aromatic carbocycles. The molecule has 0 aliphatic rings. The zero-order valence-corrected chi connectivity index (χ0v) is 19.8. The number of halogens is 2. The van der Waals surface area contributed by atoms with Crippen LogP contribution in [0, 0.1) is 58.6 Å². The zero-order chi connectivity index (χ0) is 9.14. The van der Waals surface area contributed by atoms with Crippen molar-refractivity contribution in [1.29, 1.82) is 0 Å². The number of hydrogen-bond acceptors (Lipinski definition) is 2. The van der Waals surface area contributed by atoms with Crippen molar-refractivity contribution in [3.05, 3.63) is 28.2 Å². The summed E-state index contributed by atoms with van der Waals surface area (Å²) in [4.78, 5) is 14.7. The van der Waals surface area contributed by atoms with Crippen LogP contribution in [-0.2, 0) is 0 Å². The van der Waals surface area contributed by atoms with Gasteiger partial charge in [-0.15, -0.1) is 0 Å². The van der Waals surface area contributed by atoms with E-state index in [0.29, 0.717) is 37.2 Å². The van der Waals surface area contributed by atoms with Gasteiger partial charge in [0.15, 0.2) is 0 Å². The Bertz CT molecular complexity index is 322. The molecule has 0 unspecified atom stereocenters. The predicted octanol–water partition coefficient (Wildman–Crippen LogP) is 1.40. The summed E-state index contributed by atoms with van der Waals surface area (Å²) in [6.45, 7) is 0. The third kappa shape index (κ3) is 3.23. The molecule has 12 heavy (non-hydrogen) atoms. The summed E-state index contributed by atoms with van der Waals surface area (Å²) in [6.07, 6.45) is 1.36. The second-order valence-corrected chi connectivity index (χ2v) is 23.8. The van der Waals surface area contributed by atoms with Gasteiger partial charge in [-0.2, -0.15) is 0 Å². The van der Waals surface area contributed by atoms with Gasteiger partial charge in [0, 0.05) is 0 Å². The Morgan fingerprint density at radius 2 is 2.42 bits per heavy atom. The van der Waals surface area contributed by atoms with E-state index < -0.39 is 25.9 Å². The van der Waals surface area contributed by atoms with Crippen molar-refractivity contribution in [2.24, 2.45) is 0 Å². The molecule has 0 aliphatic carbocycles. The van der Waals surface area contributed by atoms with Gasteiger partial charge in [-0.25, -0.2) is 0 Å².